The molecule has 0 aromatic heterocycles. The van der Waals surface area contributed by atoms with E-state index < -0.39 is 0 Å². The van der Waals surface area contributed by atoms with Crippen LogP contribution >= 0.6 is 12.4 Å². The van der Waals surface area contributed by atoms with Gasteiger partial charge in [-0.2, -0.15) is 0 Å². The van der Waals surface area contributed by atoms with Gasteiger partial charge in [0, 0.05) is 19.0 Å². The Morgan fingerprint density at radius 2 is 2.19 bits per heavy atom. The number of amides is 1. The van der Waals surface area contributed by atoms with E-state index in [0.717, 1.165) is 5.56 Å². The Kier molecular flexibility index (Phi) is 7.12. The number of carbonyl (C=O) groups excluding carboxylic acids is 1. The van der Waals surface area contributed by atoms with Crippen molar-refractivity contribution in [3.05, 3.63) is 35.6 Å². The normalized spacial score (nSPS) is 16.7. The number of carbonyl (C=O) groups is 1. The van der Waals surface area contributed by atoms with Crippen molar-refractivity contribution in [1.29, 1.82) is 0 Å². The fraction of sp³-hybridized carbons (Fsp3) is 0.562. The van der Waals surface area contributed by atoms with Crippen molar-refractivity contribution in [2.75, 3.05) is 6.54 Å². The molecular weight excluding hydrogens is 291 g/mol. The van der Waals surface area contributed by atoms with E-state index in [1.165, 1.54) is 25.0 Å². The molecule has 2 rings (SSSR count). The summed E-state index contributed by atoms with van der Waals surface area (Å²) < 4.78 is 13.1. The summed E-state index contributed by atoms with van der Waals surface area (Å²) in [5.41, 5.74) is 6.61. The second kappa shape index (κ2) is 8.35. The molecule has 0 spiro atoms. The number of halogens is 2. The second-order valence-electron chi connectivity index (χ2n) is 5.89. The number of benzene rings is 1. The van der Waals surface area contributed by atoms with Crippen molar-refractivity contribution in [2.45, 2.75) is 38.6 Å². The van der Waals surface area contributed by atoms with Crippen LogP contribution in [-0.4, -0.2) is 18.5 Å². The third-order valence-corrected chi connectivity index (χ3v) is 3.80. The summed E-state index contributed by atoms with van der Waals surface area (Å²) in [6.07, 6.45) is 3.50. The molecule has 0 heterocycles. The third kappa shape index (κ3) is 6.02. The molecule has 3 nitrogen and oxygen atoms in total. The molecule has 21 heavy (non-hydrogen) atoms. The Morgan fingerprint density at radius 3 is 2.76 bits per heavy atom. The van der Waals surface area contributed by atoms with Gasteiger partial charge >= 0.3 is 0 Å². The van der Waals surface area contributed by atoms with Crippen LogP contribution in [0.1, 0.15) is 31.7 Å². The van der Waals surface area contributed by atoms with Gasteiger partial charge in [0.05, 0.1) is 0 Å². The van der Waals surface area contributed by atoms with E-state index in [0.29, 0.717) is 25.3 Å². The Hall–Kier alpha value is -1.13. The van der Waals surface area contributed by atoms with E-state index in [9.17, 15) is 9.18 Å². The van der Waals surface area contributed by atoms with Crippen LogP contribution in [0.15, 0.2) is 24.3 Å². The summed E-state index contributed by atoms with van der Waals surface area (Å²) in [7, 11) is 0. The van der Waals surface area contributed by atoms with Crippen LogP contribution < -0.4 is 11.1 Å². The second-order valence-corrected chi connectivity index (χ2v) is 5.89. The topological polar surface area (TPSA) is 55.1 Å². The van der Waals surface area contributed by atoms with Crippen molar-refractivity contribution < 1.29 is 9.18 Å². The quantitative estimate of drug-likeness (QED) is 0.813. The summed E-state index contributed by atoms with van der Waals surface area (Å²) in [5.74, 6) is 0.587. The monoisotopic (exact) mass is 314 g/mol. The van der Waals surface area contributed by atoms with E-state index in [-0.39, 0.29) is 36.1 Å². The van der Waals surface area contributed by atoms with Gasteiger partial charge in [-0.25, -0.2) is 4.39 Å². The first kappa shape index (κ1) is 17.9. The largest absolute Gasteiger partial charge is 0.352 e. The average molecular weight is 315 g/mol. The molecule has 0 bridgehead atoms. The number of rotatable bonds is 7. The number of nitrogens with two attached hydrogens (primary N) is 1. The van der Waals surface area contributed by atoms with Gasteiger partial charge < -0.3 is 11.1 Å². The van der Waals surface area contributed by atoms with Crippen LogP contribution in [0.5, 0.6) is 0 Å². The zero-order valence-electron chi connectivity index (χ0n) is 12.3. The smallest absolute Gasteiger partial charge is 0.220 e. The maximum Gasteiger partial charge on any atom is 0.220 e. The summed E-state index contributed by atoms with van der Waals surface area (Å²) >= 11 is 0. The van der Waals surface area contributed by atoms with Crippen molar-refractivity contribution >= 4 is 18.3 Å². The van der Waals surface area contributed by atoms with E-state index in [2.05, 4.69) is 5.32 Å². The molecule has 1 saturated carbocycles. The number of hydrogen-bond acceptors (Lipinski definition) is 2. The first-order chi connectivity index (χ1) is 9.58. The molecule has 0 aliphatic heterocycles. The molecule has 2 unspecified atom stereocenters. The minimum atomic E-state index is -0.226. The maximum absolute atomic E-state index is 13.1. The van der Waals surface area contributed by atoms with Gasteiger partial charge in [0.15, 0.2) is 0 Å². The van der Waals surface area contributed by atoms with E-state index in [1.807, 2.05) is 13.0 Å². The van der Waals surface area contributed by atoms with Gasteiger partial charge in [-0.3, -0.25) is 4.79 Å². The molecule has 118 valence electrons. The maximum atomic E-state index is 13.1. The van der Waals surface area contributed by atoms with Gasteiger partial charge in [-0.1, -0.05) is 19.1 Å². The van der Waals surface area contributed by atoms with E-state index in [1.54, 1.807) is 6.07 Å². The van der Waals surface area contributed by atoms with Gasteiger partial charge in [0.25, 0.3) is 0 Å². The van der Waals surface area contributed by atoms with E-state index >= 15 is 0 Å². The van der Waals surface area contributed by atoms with Crippen molar-refractivity contribution in [1.82, 2.24) is 5.32 Å². The molecule has 3 N–H and O–H groups in total. The molecular formula is C16H24ClFN2O. The first-order valence-electron chi connectivity index (χ1n) is 7.32. The zero-order valence-corrected chi connectivity index (χ0v) is 13.2. The predicted octanol–water partition coefficient (Wildman–Crippen LogP) is 2.67. The molecule has 1 aliphatic carbocycles. The molecule has 1 aliphatic rings. The molecule has 5 heteroatoms. The van der Waals surface area contributed by atoms with Crippen LogP contribution in [0, 0.1) is 17.7 Å². The highest BCUT2D eigenvalue weighted by molar-refractivity contribution is 5.85. The van der Waals surface area contributed by atoms with Gasteiger partial charge in [0.1, 0.15) is 5.82 Å². The number of hydrogen-bond donors (Lipinski definition) is 2. The minimum Gasteiger partial charge on any atom is -0.352 e. The van der Waals surface area contributed by atoms with Gasteiger partial charge in [0.2, 0.25) is 5.91 Å². The highest BCUT2D eigenvalue weighted by atomic mass is 35.5. The van der Waals surface area contributed by atoms with Crippen LogP contribution in [0.4, 0.5) is 4.39 Å². The minimum absolute atomic E-state index is 0. The summed E-state index contributed by atoms with van der Waals surface area (Å²) in [6.45, 7) is 2.52. The lowest BCUT2D eigenvalue weighted by molar-refractivity contribution is -0.122. The summed E-state index contributed by atoms with van der Waals surface area (Å²) in [5, 5.41) is 3.02. The fourth-order valence-electron chi connectivity index (χ4n) is 2.59. The molecule has 1 aromatic carbocycles. The average Bonchev–Trinajstić information content (AvgIpc) is 3.20. The first-order valence-corrected chi connectivity index (χ1v) is 7.32. The van der Waals surface area contributed by atoms with Crippen molar-refractivity contribution in [3.63, 3.8) is 0 Å². The van der Waals surface area contributed by atoms with Crippen molar-refractivity contribution in [2.24, 2.45) is 17.6 Å². The van der Waals surface area contributed by atoms with Gasteiger partial charge in [-0.05, 0) is 48.8 Å². The molecule has 0 radical (unpaired) electrons. The van der Waals surface area contributed by atoms with Crippen LogP contribution in [0.25, 0.3) is 0 Å². The molecule has 0 saturated heterocycles. The standard InChI is InChI=1S/C16H23FN2O.ClH/c1-11(7-12-3-2-4-14(17)9-12)8-16(20)19-15(10-18)13-5-6-13;/h2-4,9,11,13,15H,5-8,10,18H2,1H3,(H,19,20);1H. The summed E-state index contributed by atoms with van der Waals surface area (Å²) in [6, 6.07) is 6.69. The SMILES string of the molecule is CC(CC(=O)NC(CN)C1CC1)Cc1cccc(F)c1.Cl. The third-order valence-electron chi connectivity index (χ3n) is 3.80. The Balaban J connectivity index is 0.00000220. The lowest BCUT2D eigenvalue weighted by Crippen LogP contribution is -2.42. The van der Waals surface area contributed by atoms with Gasteiger partial charge in [-0.15, -0.1) is 12.4 Å². The molecule has 1 fully saturated rings. The summed E-state index contributed by atoms with van der Waals surface area (Å²) in [4.78, 5) is 12.0. The Bertz CT molecular complexity index is 465. The van der Waals surface area contributed by atoms with Crippen molar-refractivity contribution in [3.8, 4) is 0 Å². The predicted molar refractivity (Wildman–Crippen MR) is 84.8 cm³/mol. The lowest BCUT2D eigenvalue weighted by atomic mass is 9.97. The molecule has 1 amide bonds. The fourth-order valence-corrected chi connectivity index (χ4v) is 2.59. The molecule has 1 aromatic rings. The number of nitrogens with one attached hydrogen (secondary N) is 1. The zero-order chi connectivity index (χ0) is 14.5. The van der Waals surface area contributed by atoms with E-state index in [4.69, 9.17) is 5.73 Å². The highest BCUT2D eigenvalue weighted by Gasteiger charge is 2.31. The molecule has 2 atom stereocenters. The highest BCUT2D eigenvalue weighted by Crippen LogP contribution is 2.32. The van der Waals surface area contributed by atoms with Crippen LogP contribution in [0.3, 0.4) is 0 Å². The lowest BCUT2D eigenvalue weighted by Gasteiger charge is -2.18. The van der Waals surface area contributed by atoms with Crippen LogP contribution in [0.2, 0.25) is 0 Å². The Labute approximate surface area is 131 Å². The van der Waals surface area contributed by atoms with Crippen LogP contribution in [-0.2, 0) is 11.2 Å². The Morgan fingerprint density at radius 1 is 1.48 bits per heavy atom.